The standard InChI is InChI=1S/C16H15Cl2NO4S/c1-10(20)23-16-7-4-11(17)8-15(16)19(2)14-6-5-12(9-13(14)18)24(3,21)22/h4-9H,1-3H3. The third-order valence-corrected chi connectivity index (χ3v) is 4.89. The summed E-state index contributed by atoms with van der Waals surface area (Å²) in [6.07, 6.45) is 1.11. The normalized spacial score (nSPS) is 11.2. The van der Waals surface area contributed by atoms with Crippen molar-refractivity contribution in [3.8, 4) is 5.75 Å². The molecule has 0 amide bonds. The Hall–Kier alpha value is -1.76. The van der Waals surface area contributed by atoms with Crippen LogP contribution in [0.2, 0.25) is 10.0 Å². The van der Waals surface area contributed by atoms with Crippen molar-refractivity contribution in [1.29, 1.82) is 0 Å². The molecule has 0 radical (unpaired) electrons. The molecule has 2 rings (SSSR count). The number of esters is 1. The van der Waals surface area contributed by atoms with E-state index in [2.05, 4.69) is 0 Å². The molecule has 0 saturated heterocycles. The van der Waals surface area contributed by atoms with E-state index in [1.165, 1.54) is 19.1 Å². The van der Waals surface area contributed by atoms with Crippen LogP contribution in [-0.4, -0.2) is 27.7 Å². The van der Waals surface area contributed by atoms with Crippen LogP contribution >= 0.6 is 23.2 Å². The summed E-state index contributed by atoms with van der Waals surface area (Å²) in [5, 5.41) is 0.700. The van der Waals surface area contributed by atoms with Gasteiger partial charge < -0.3 is 9.64 Å². The molecule has 0 aliphatic rings. The first-order valence-corrected chi connectivity index (χ1v) is 9.45. The molecule has 0 fully saturated rings. The molecule has 8 heteroatoms. The average molecular weight is 388 g/mol. The number of hydrogen-bond acceptors (Lipinski definition) is 5. The smallest absolute Gasteiger partial charge is 0.308 e. The van der Waals surface area contributed by atoms with E-state index in [4.69, 9.17) is 27.9 Å². The Morgan fingerprint density at radius 1 is 1.08 bits per heavy atom. The second kappa shape index (κ2) is 7.01. The van der Waals surface area contributed by atoms with Crippen LogP contribution in [0.25, 0.3) is 0 Å². The lowest BCUT2D eigenvalue weighted by atomic mass is 10.2. The van der Waals surface area contributed by atoms with E-state index in [0.717, 1.165) is 6.26 Å². The number of nitrogens with zero attached hydrogens (tertiary/aromatic N) is 1. The fourth-order valence-electron chi connectivity index (χ4n) is 2.11. The zero-order valence-corrected chi connectivity index (χ0v) is 15.5. The summed E-state index contributed by atoms with van der Waals surface area (Å²) in [6, 6.07) is 9.22. The molecule has 0 aromatic heterocycles. The molecule has 0 unspecified atom stereocenters. The molecule has 0 aliphatic heterocycles. The Kier molecular flexibility index (Phi) is 5.42. The minimum atomic E-state index is -3.36. The van der Waals surface area contributed by atoms with Gasteiger partial charge in [0.05, 0.1) is 21.3 Å². The molecular weight excluding hydrogens is 373 g/mol. The minimum Gasteiger partial charge on any atom is -0.424 e. The first-order chi connectivity index (χ1) is 11.1. The highest BCUT2D eigenvalue weighted by molar-refractivity contribution is 7.90. The first-order valence-electron chi connectivity index (χ1n) is 6.81. The van der Waals surface area contributed by atoms with E-state index >= 15 is 0 Å². The summed E-state index contributed by atoms with van der Waals surface area (Å²) in [5.74, 6) is -0.150. The summed E-state index contributed by atoms with van der Waals surface area (Å²) in [5.41, 5.74) is 1.06. The predicted octanol–water partition coefficient (Wildman–Crippen LogP) is 4.09. The van der Waals surface area contributed by atoms with Crippen LogP contribution in [0.4, 0.5) is 11.4 Å². The van der Waals surface area contributed by atoms with Crippen LogP contribution in [0.1, 0.15) is 6.92 Å². The molecule has 0 spiro atoms. The number of carbonyl (C=O) groups excluding carboxylic acids is 1. The molecule has 0 aliphatic carbocycles. The Labute approximate surface area is 150 Å². The fraction of sp³-hybridized carbons (Fsp3) is 0.188. The fourth-order valence-corrected chi connectivity index (χ4v) is 3.30. The SMILES string of the molecule is CC(=O)Oc1ccc(Cl)cc1N(C)c1ccc(S(C)(=O)=O)cc1Cl. The lowest BCUT2D eigenvalue weighted by Crippen LogP contribution is -2.13. The third-order valence-electron chi connectivity index (χ3n) is 3.24. The van der Waals surface area contributed by atoms with Crippen molar-refractivity contribution < 1.29 is 17.9 Å². The van der Waals surface area contributed by atoms with Crippen LogP contribution < -0.4 is 9.64 Å². The van der Waals surface area contributed by atoms with Crippen LogP contribution in [0, 0.1) is 0 Å². The molecule has 0 bridgehead atoms. The van der Waals surface area contributed by atoms with Crippen LogP contribution in [0.5, 0.6) is 5.75 Å². The summed E-state index contributed by atoms with van der Waals surface area (Å²) < 4.78 is 28.4. The molecule has 24 heavy (non-hydrogen) atoms. The second-order valence-electron chi connectivity index (χ2n) is 5.15. The Balaban J connectivity index is 2.51. The maximum atomic E-state index is 11.6. The number of hydrogen-bond donors (Lipinski definition) is 0. The number of ether oxygens (including phenoxy) is 1. The van der Waals surface area contributed by atoms with E-state index in [1.54, 1.807) is 36.2 Å². The van der Waals surface area contributed by atoms with Crippen LogP contribution in [0.3, 0.4) is 0 Å². The number of benzene rings is 2. The van der Waals surface area contributed by atoms with Gasteiger partial charge in [-0.3, -0.25) is 4.79 Å². The zero-order valence-electron chi connectivity index (χ0n) is 13.2. The number of rotatable bonds is 4. The molecule has 2 aromatic carbocycles. The number of halogens is 2. The van der Waals surface area contributed by atoms with E-state index in [1.807, 2.05) is 0 Å². The van der Waals surface area contributed by atoms with Gasteiger partial charge in [0, 0.05) is 25.2 Å². The largest absolute Gasteiger partial charge is 0.424 e. The van der Waals surface area contributed by atoms with Gasteiger partial charge in [-0.15, -0.1) is 0 Å². The quantitative estimate of drug-likeness (QED) is 0.583. The van der Waals surface area contributed by atoms with Gasteiger partial charge in [-0.2, -0.15) is 0 Å². The highest BCUT2D eigenvalue weighted by atomic mass is 35.5. The average Bonchev–Trinajstić information content (AvgIpc) is 2.47. The maximum Gasteiger partial charge on any atom is 0.308 e. The van der Waals surface area contributed by atoms with Crippen LogP contribution in [-0.2, 0) is 14.6 Å². The lowest BCUT2D eigenvalue weighted by Gasteiger charge is -2.23. The number of anilines is 2. The Morgan fingerprint density at radius 3 is 2.29 bits per heavy atom. The van der Waals surface area contributed by atoms with E-state index in [9.17, 15) is 13.2 Å². The van der Waals surface area contributed by atoms with Crippen LogP contribution in [0.15, 0.2) is 41.3 Å². The summed E-state index contributed by atoms with van der Waals surface area (Å²) in [7, 11) is -1.65. The van der Waals surface area contributed by atoms with Gasteiger partial charge in [-0.1, -0.05) is 23.2 Å². The van der Waals surface area contributed by atoms with Gasteiger partial charge in [0.25, 0.3) is 0 Å². The van der Waals surface area contributed by atoms with E-state index in [0.29, 0.717) is 22.1 Å². The molecule has 5 nitrogen and oxygen atoms in total. The van der Waals surface area contributed by atoms with Gasteiger partial charge in [0.2, 0.25) is 0 Å². The minimum absolute atomic E-state index is 0.121. The molecule has 0 heterocycles. The molecule has 0 N–H and O–H groups in total. The van der Waals surface area contributed by atoms with Gasteiger partial charge >= 0.3 is 5.97 Å². The maximum absolute atomic E-state index is 11.6. The Morgan fingerprint density at radius 2 is 1.75 bits per heavy atom. The molecular formula is C16H15Cl2NO4S. The van der Waals surface area contributed by atoms with Gasteiger partial charge in [-0.05, 0) is 36.4 Å². The highest BCUT2D eigenvalue weighted by Crippen LogP contribution is 2.38. The highest BCUT2D eigenvalue weighted by Gasteiger charge is 2.17. The van der Waals surface area contributed by atoms with Gasteiger partial charge in [0.1, 0.15) is 0 Å². The summed E-state index contributed by atoms with van der Waals surface area (Å²) >= 11 is 12.3. The molecule has 0 atom stereocenters. The van der Waals surface area contributed by atoms with Crippen molar-refractivity contribution in [3.05, 3.63) is 46.4 Å². The van der Waals surface area contributed by atoms with Crippen molar-refractivity contribution in [2.24, 2.45) is 0 Å². The first kappa shape index (κ1) is 18.6. The van der Waals surface area contributed by atoms with Crippen molar-refractivity contribution in [1.82, 2.24) is 0 Å². The topological polar surface area (TPSA) is 63.7 Å². The summed E-state index contributed by atoms with van der Waals surface area (Å²) in [6.45, 7) is 1.30. The number of sulfone groups is 1. The molecule has 128 valence electrons. The van der Waals surface area contributed by atoms with E-state index < -0.39 is 15.8 Å². The lowest BCUT2D eigenvalue weighted by molar-refractivity contribution is -0.131. The molecule has 0 saturated carbocycles. The summed E-state index contributed by atoms with van der Waals surface area (Å²) in [4.78, 5) is 13.1. The van der Waals surface area contributed by atoms with E-state index in [-0.39, 0.29) is 9.92 Å². The second-order valence-corrected chi connectivity index (χ2v) is 8.01. The van der Waals surface area contributed by atoms with Crippen molar-refractivity contribution in [2.75, 3.05) is 18.2 Å². The zero-order chi connectivity index (χ0) is 18.1. The van der Waals surface area contributed by atoms with Crippen molar-refractivity contribution in [3.63, 3.8) is 0 Å². The monoisotopic (exact) mass is 387 g/mol. The van der Waals surface area contributed by atoms with Crippen molar-refractivity contribution in [2.45, 2.75) is 11.8 Å². The van der Waals surface area contributed by atoms with Gasteiger partial charge in [-0.25, -0.2) is 8.42 Å². The molecule has 2 aromatic rings. The number of carbonyl (C=O) groups is 1. The predicted molar refractivity (Wildman–Crippen MR) is 95.4 cm³/mol. The van der Waals surface area contributed by atoms with Gasteiger partial charge in [0.15, 0.2) is 15.6 Å². The third kappa shape index (κ3) is 4.20. The Bertz CT molecular complexity index is 897. The van der Waals surface area contributed by atoms with Crippen molar-refractivity contribution >= 4 is 50.4 Å².